The van der Waals surface area contributed by atoms with Crippen molar-refractivity contribution in [2.45, 2.75) is 6.92 Å². The van der Waals surface area contributed by atoms with E-state index in [0.717, 1.165) is 52.8 Å². The highest BCUT2D eigenvalue weighted by Gasteiger charge is 2.26. The molecule has 0 bridgehead atoms. The minimum absolute atomic E-state index is 0.0156. The predicted octanol–water partition coefficient (Wildman–Crippen LogP) is 4.83. The molecule has 1 aliphatic heterocycles. The second-order valence-corrected chi connectivity index (χ2v) is 8.87. The molecule has 0 N–H and O–H groups in total. The lowest BCUT2D eigenvalue weighted by atomic mass is 10.1. The summed E-state index contributed by atoms with van der Waals surface area (Å²) < 4.78 is 12.3. The van der Waals surface area contributed by atoms with Crippen molar-refractivity contribution in [3.63, 3.8) is 0 Å². The lowest BCUT2D eigenvalue weighted by Crippen LogP contribution is -2.49. The van der Waals surface area contributed by atoms with Gasteiger partial charge in [0.2, 0.25) is 0 Å². The van der Waals surface area contributed by atoms with Gasteiger partial charge >= 0.3 is 0 Å². The van der Waals surface area contributed by atoms with Crippen LogP contribution in [0.25, 0.3) is 16.9 Å². The van der Waals surface area contributed by atoms with E-state index >= 15 is 0 Å². The molecule has 1 aliphatic rings. The van der Waals surface area contributed by atoms with Crippen molar-refractivity contribution < 1.29 is 14.3 Å². The molecular weight excluding hydrogens is 452 g/mol. The molecule has 0 aliphatic carbocycles. The molecule has 36 heavy (non-hydrogen) atoms. The van der Waals surface area contributed by atoms with Crippen molar-refractivity contribution in [3.05, 3.63) is 90.1 Å². The fourth-order valence-electron chi connectivity index (χ4n) is 4.52. The average molecular weight is 483 g/mol. The Kier molecular flexibility index (Phi) is 6.62. The first kappa shape index (κ1) is 23.5. The van der Waals surface area contributed by atoms with E-state index < -0.39 is 0 Å². The third-order valence-electron chi connectivity index (χ3n) is 6.56. The molecule has 7 nitrogen and oxygen atoms in total. The summed E-state index contributed by atoms with van der Waals surface area (Å²) in [6.45, 7) is 4.85. The van der Waals surface area contributed by atoms with E-state index in [0.29, 0.717) is 18.8 Å². The van der Waals surface area contributed by atoms with E-state index in [1.807, 2.05) is 78.6 Å². The number of nitrogens with zero attached hydrogens (tertiary/aromatic N) is 4. The number of carbonyl (C=O) groups excluding carboxylic acids is 1. The van der Waals surface area contributed by atoms with Crippen LogP contribution < -0.4 is 14.4 Å². The highest BCUT2D eigenvalue weighted by Crippen LogP contribution is 2.26. The second kappa shape index (κ2) is 10.2. The summed E-state index contributed by atoms with van der Waals surface area (Å²) in [7, 11) is 3.31. The van der Waals surface area contributed by atoms with Crippen LogP contribution >= 0.6 is 0 Å². The Hall–Kier alpha value is -4.26. The third kappa shape index (κ3) is 4.77. The summed E-state index contributed by atoms with van der Waals surface area (Å²) in [5, 5.41) is 4.85. The molecule has 1 aromatic heterocycles. The number of methoxy groups -OCH3 is 2. The maximum Gasteiger partial charge on any atom is 0.272 e. The van der Waals surface area contributed by atoms with Gasteiger partial charge in [0.15, 0.2) is 0 Å². The zero-order chi connectivity index (χ0) is 25.1. The van der Waals surface area contributed by atoms with Crippen molar-refractivity contribution in [1.29, 1.82) is 0 Å². The zero-order valence-corrected chi connectivity index (χ0v) is 20.8. The van der Waals surface area contributed by atoms with Gasteiger partial charge in [0.05, 0.1) is 25.6 Å². The summed E-state index contributed by atoms with van der Waals surface area (Å²) in [6, 6.07) is 25.7. The van der Waals surface area contributed by atoms with Crippen LogP contribution in [-0.2, 0) is 0 Å². The number of piperazine rings is 1. The average Bonchev–Trinajstić information content (AvgIpc) is 3.38. The molecule has 3 aromatic carbocycles. The number of benzene rings is 3. The first-order chi connectivity index (χ1) is 17.6. The quantitative estimate of drug-likeness (QED) is 0.394. The lowest BCUT2D eigenvalue weighted by molar-refractivity contribution is 0.0737. The highest BCUT2D eigenvalue weighted by molar-refractivity contribution is 5.94. The minimum atomic E-state index is -0.0156. The first-order valence-corrected chi connectivity index (χ1v) is 12.1. The van der Waals surface area contributed by atoms with Crippen LogP contribution in [0.3, 0.4) is 0 Å². The molecule has 184 valence electrons. The van der Waals surface area contributed by atoms with Gasteiger partial charge in [0, 0.05) is 37.4 Å². The maximum absolute atomic E-state index is 13.8. The Labute approximate surface area is 211 Å². The molecule has 0 unspecified atom stereocenters. The van der Waals surface area contributed by atoms with Gasteiger partial charge in [-0.05, 0) is 79.2 Å². The van der Waals surface area contributed by atoms with Gasteiger partial charge in [-0.15, -0.1) is 0 Å². The summed E-state index contributed by atoms with van der Waals surface area (Å²) >= 11 is 0. The van der Waals surface area contributed by atoms with Gasteiger partial charge in [-0.3, -0.25) is 4.79 Å². The summed E-state index contributed by atoms with van der Waals surface area (Å²) in [4.78, 5) is 18.0. The smallest absolute Gasteiger partial charge is 0.272 e. The van der Waals surface area contributed by atoms with Crippen molar-refractivity contribution in [3.8, 4) is 28.4 Å². The fraction of sp³-hybridized carbons (Fsp3) is 0.241. The Morgan fingerprint density at radius 3 is 2.03 bits per heavy atom. The highest BCUT2D eigenvalue weighted by atomic mass is 16.5. The van der Waals surface area contributed by atoms with Crippen LogP contribution in [0.2, 0.25) is 0 Å². The lowest BCUT2D eigenvalue weighted by Gasteiger charge is -2.36. The fourth-order valence-corrected chi connectivity index (χ4v) is 4.52. The van der Waals surface area contributed by atoms with Crippen molar-refractivity contribution in [1.82, 2.24) is 14.7 Å². The summed E-state index contributed by atoms with van der Waals surface area (Å²) in [5.74, 6) is 1.60. The predicted molar refractivity (Wildman–Crippen MR) is 141 cm³/mol. The van der Waals surface area contributed by atoms with E-state index in [2.05, 4.69) is 17.0 Å². The van der Waals surface area contributed by atoms with Gasteiger partial charge in [0.1, 0.15) is 17.2 Å². The Balaban J connectivity index is 1.40. The molecule has 0 atom stereocenters. The standard InChI is InChI=1S/C29H30N4O3/c1-21-5-4-6-24(19-21)33-28(20-27(30-33)22-7-11-25(35-2)12-8-22)29(34)32-17-15-31(16-18-32)23-9-13-26(36-3)14-10-23/h4-14,19-20H,15-18H2,1-3H3. The van der Waals surface area contributed by atoms with Crippen molar-refractivity contribution in [2.24, 2.45) is 0 Å². The zero-order valence-electron chi connectivity index (χ0n) is 20.8. The summed E-state index contributed by atoms with van der Waals surface area (Å²) in [5.41, 5.74) is 5.36. The van der Waals surface area contributed by atoms with Crippen LogP contribution in [0.1, 0.15) is 16.1 Å². The first-order valence-electron chi connectivity index (χ1n) is 12.1. The topological polar surface area (TPSA) is 59.8 Å². The number of aryl methyl sites for hydroxylation is 1. The van der Waals surface area contributed by atoms with Crippen LogP contribution in [0, 0.1) is 6.92 Å². The van der Waals surface area contributed by atoms with E-state index in [9.17, 15) is 4.79 Å². The molecule has 7 heteroatoms. The number of carbonyl (C=O) groups is 1. The Bertz CT molecular complexity index is 1340. The van der Waals surface area contributed by atoms with Gasteiger partial charge in [-0.25, -0.2) is 4.68 Å². The van der Waals surface area contributed by atoms with Gasteiger partial charge in [-0.2, -0.15) is 5.10 Å². The number of rotatable bonds is 6. The normalized spacial score (nSPS) is 13.5. The molecular formula is C29H30N4O3. The molecule has 0 spiro atoms. The van der Waals surface area contributed by atoms with E-state index in [1.54, 1.807) is 18.9 Å². The van der Waals surface area contributed by atoms with Crippen molar-refractivity contribution >= 4 is 11.6 Å². The van der Waals surface area contributed by atoms with E-state index in [-0.39, 0.29) is 5.91 Å². The number of ether oxygens (including phenoxy) is 2. The number of hydrogen-bond acceptors (Lipinski definition) is 5. The van der Waals surface area contributed by atoms with Crippen LogP contribution in [0.5, 0.6) is 11.5 Å². The van der Waals surface area contributed by atoms with Gasteiger partial charge < -0.3 is 19.3 Å². The number of hydrogen-bond donors (Lipinski definition) is 0. The van der Waals surface area contributed by atoms with E-state index in [1.165, 1.54) is 0 Å². The van der Waals surface area contributed by atoms with Crippen LogP contribution in [0.4, 0.5) is 5.69 Å². The van der Waals surface area contributed by atoms with E-state index in [4.69, 9.17) is 14.6 Å². The van der Waals surface area contributed by atoms with Crippen LogP contribution in [0.15, 0.2) is 78.9 Å². The molecule has 4 aromatic rings. The Morgan fingerprint density at radius 1 is 0.778 bits per heavy atom. The van der Waals surface area contributed by atoms with Gasteiger partial charge in [-0.1, -0.05) is 12.1 Å². The van der Waals surface area contributed by atoms with Crippen LogP contribution in [-0.4, -0.2) is 61.0 Å². The largest absolute Gasteiger partial charge is 0.497 e. The number of anilines is 1. The molecule has 1 fully saturated rings. The molecule has 1 saturated heterocycles. The molecule has 2 heterocycles. The monoisotopic (exact) mass is 482 g/mol. The van der Waals surface area contributed by atoms with Crippen molar-refractivity contribution in [2.75, 3.05) is 45.3 Å². The van der Waals surface area contributed by atoms with Gasteiger partial charge in [0.25, 0.3) is 5.91 Å². The molecule has 5 rings (SSSR count). The molecule has 0 saturated carbocycles. The second-order valence-electron chi connectivity index (χ2n) is 8.87. The number of amides is 1. The summed E-state index contributed by atoms with van der Waals surface area (Å²) in [6.07, 6.45) is 0. The Morgan fingerprint density at radius 2 is 1.42 bits per heavy atom. The maximum atomic E-state index is 13.8. The third-order valence-corrected chi connectivity index (χ3v) is 6.56. The number of aromatic nitrogens is 2. The molecule has 1 amide bonds. The molecule has 0 radical (unpaired) electrons. The SMILES string of the molecule is COc1ccc(-c2cc(C(=O)N3CCN(c4ccc(OC)cc4)CC3)n(-c3cccc(C)c3)n2)cc1. The minimum Gasteiger partial charge on any atom is -0.497 e.